The third kappa shape index (κ3) is 2.84. The fraction of sp³-hybridized carbons (Fsp3) is 0.118. The first kappa shape index (κ1) is 13.9. The number of benzene rings is 2. The van der Waals surface area contributed by atoms with Gasteiger partial charge in [-0.2, -0.15) is 5.10 Å². The first-order valence-corrected chi connectivity index (χ1v) is 7.12. The second kappa shape index (κ2) is 5.72. The highest BCUT2D eigenvalue weighted by atomic mass is 35.5. The summed E-state index contributed by atoms with van der Waals surface area (Å²) in [7, 11) is 0. The lowest BCUT2D eigenvalue weighted by Gasteiger charge is -2.07. The summed E-state index contributed by atoms with van der Waals surface area (Å²) in [6, 6.07) is 19.4. The molecule has 3 aromatic rings. The average molecular weight is 299 g/mol. The van der Waals surface area contributed by atoms with Gasteiger partial charge in [0.2, 0.25) is 0 Å². The molecule has 1 atom stereocenters. The number of halogens is 1. The van der Waals surface area contributed by atoms with E-state index in [9.17, 15) is 5.11 Å². The molecule has 0 saturated heterocycles. The Hall–Kier alpha value is -2.10. The van der Waals surface area contributed by atoms with Crippen LogP contribution >= 0.6 is 11.6 Å². The summed E-state index contributed by atoms with van der Waals surface area (Å²) in [5.41, 5.74) is 3.52. The highest BCUT2D eigenvalue weighted by molar-refractivity contribution is 6.30. The summed E-state index contributed by atoms with van der Waals surface area (Å²) in [6.07, 6.45) is -0.610. The Labute approximate surface area is 128 Å². The Morgan fingerprint density at radius 3 is 2.33 bits per heavy atom. The van der Waals surface area contributed by atoms with E-state index in [1.165, 1.54) is 0 Å². The van der Waals surface area contributed by atoms with E-state index in [1.807, 2.05) is 65.3 Å². The fourth-order valence-corrected chi connectivity index (χ4v) is 2.32. The lowest BCUT2D eigenvalue weighted by atomic mass is 10.1. The maximum atomic E-state index is 9.80. The molecule has 2 aromatic carbocycles. The largest absolute Gasteiger partial charge is 0.387 e. The molecule has 0 aliphatic heterocycles. The molecule has 106 valence electrons. The minimum absolute atomic E-state index is 0.610. The number of rotatable bonds is 3. The van der Waals surface area contributed by atoms with Crippen LogP contribution in [0.2, 0.25) is 5.02 Å². The SMILES string of the molecule is CC(O)c1cc(-c2ccc(Cl)cc2)n(-c2ccccc2)n1. The molecule has 0 saturated carbocycles. The molecule has 1 aromatic heterocycles. The zero-order chi connectivity index (χ0) is 14.8. The second-order valence-corrected chi connectivity index (χ2v) is 5.32. The van der Waals surface area contributed by atoms with Crippen LogP contribution in [0.25, 0.3) is 16.9 Å². The maximum absolute atomic E-state index is 9.80. The normalized spacial score (nSPS) is 12.3. The quantitative estimate of drug-likeness (QED) is 0.785. The number of aliphatic hydroxyl groups is 1. The van der Waals surface area contributed by atoms with Gasteiger partial charge in [0.1, 0.15) is 0 Å². The number of aliphatic hydroxyl groups excluding tert-OH is 1. The minimum Gasteiger partial charge on any atom is -0.387 e. The molecule has 1 N–H and O–H groups in total. The predicted molar refractivity (Wildman–Crippen MR) is 84.6 cm³/mol. The fourth-order valence-electron chi connectivity index (χ4n) is 2.20. The summed E-state index contributed by atoms with van der Waals surface area (Å²) >= 11 is 5.95. The lowest BCUT2D eigenvalue weighted by molar-refractivity contribution is 0.193. The van der Waals surface area contributed by atoms with Crippen LogP contribution in [0.5, 0.6) is 0 Å². The molecule has 0 aliphatic carbocycles. The Bertz CT molecular complexity index is 733. The molecular weight excluding hydrogens is 284 g/mol. The van der Waals surface area contributed by atoms with Crippen LogP contribution in [0.3, 0.4) is 0 Å². The maximum Gasteiger partial charge on any atom is 0.0950 e. The second-order valence-electron chi connectivity index (χ2n) is 4.88. The van der Waals surface area contributed by atoms with E-state index in [0.717, 1.165) is 16.9 Å². The van der Waals surface area contributed by atoms with Gasteiger partial charge in [0.05, 0.1) is 23.2 Å². The standard InChI is InChI=1S/C17H15ClN2O/c1-12(21)16-11-17(13-7-9-14(18)10-8-13)20(19-16)15-5-3-2-4-6-15/h2-12,21H,1H3. The molecule has 0 radical (unpaired) electrons. The molecule has 0 bridgehead atoms. The molecule has 0 aliphatic rings. The smallest absolute Gasteiger partial charge is 0.0950 e. The van der Waals surface area contributed by atoms with Crippen LogP contribution in [-0.2, 0) is 0 Å². The summed E-state index contributed by atoms with van der Waals surface area (Å²) in [5.74, 6) is 0. The summed E-state index contributed by atoms with van der Waals surface area (Å²) in [6.45, 7) is 1.71. The van der Waals surface area contributed by atoms with Crippen molar-refractivity contribution in [3.05, 3.63) is 71.4 Å². The van der Waals surface area contributed by atoms with Crippen LogP contribution in [0.15, 0.2) is 60.7 Å². The van der Waals surface area contributed by atoms with E-state index >= 15 is 0 Å². The predicted octanol–water partition coefficient (Wildman–Crippen LogP) is 4.25. The van der Waals surface area contributed by atoms with E-state index in [2.05, 4.69) is 5.10 Å². The first-order chi connectivity index (χ1) is 10.1. The van der Waals surface area contributed by atoms with Crippen LogP contribution in [-0.4, -0.2) is 14.9 Å². The van der Waals surface area contributed by atoms with Crippen LogP contribution in [0, 0.1) is 0 Å². The van der Waals surface area contributed by atoms with Gasteiger partial charge in [0.25, 0.3) is 0 Å². The summed E-state index contributed by atoms with van der Waals surface area (Å²) in [5, 5.41) is 15.0. The van der Waals surface area contributed by atoms with Crippen LogP contribution < -0.4 is 0 Å². The zero-order valence-corrected chi connectivity index (χ0v) is 12.3. The highest BCUT2D eigenvalue weighted by Crippen LogP contribution is 2.27. The van der Waals surface area contributed by atoms with Crippen molar-refractivity contribution in [2.45, 2.75) is 13.0 Å². The van der Waals surface area contributed by atoms with Gasteiger partial charge < -0.3 is 5.11 Å². The zero-order valence-electron chi connectivity index (χ0n) is 11.6. The minimum atomic E-state index is -0.610. The Balaban J connectivity index is 2.16. The number of hydrogen-bond acceptors (Lipinski definition) is 2. The molecule has 3 rings (SSSR count). The van der Waals surface area contributed by atoms with Crippen molar-refractivity contribution in [2.75, 3.05) is 0 Å². The van der Waals surface area contributed by atoms with Crippen molar-refractivity contribution in [1.29, 1.82) is 0 Å². The molecule has 0 spiro atoms. The topological polar surface area (TPSA) is 38.0 Å². The van der Waals surface area contributed by atoms with E-state index in [1.54, 1.807) is 6.92 Å². The van der Waals surface area contributed by atoms with Gasteiger partial charge in [0, 0.05) is 10.6 Å². The van der Waals surface area contributed by atoms with Crippen molar-refractivity contribution in [1.82, 2.24) is 9.78 Å². The molecule has 3 nitrogen and oxygen atoms in total. The number of nitrogens with zero attached hydrogens (tertiary/aromatic N) is 2. The monoisotopic (exact) mass is 298 g/mol. The first-order valence-electron chi connectivity index (χ1n) is 6.74. The molecule has 1 unspecified atom stereocenters. The molecule has 0 fully saturated rings. The van der Waals surface area contributed by atoms with Gasteiger partial charge in [-0.1, -0.05) is 41.9 Å². The van der Waals surface area contributed by atoms with Gasteiger partial charge in [-0.15, -0.1) is 0 Å². The van der Waals surface area contributed by atoms with Gasteiger partial charge in [-0.25, -0.2) is 4.68 Å². The van der Waals surface area contributed by atoms with Gasteiger partial charge in [-0.05, 0) is 37.3 Å². The van der Waals surface area contributed by atoms with E-state index in [4.69, 9.17) is 11.6 Å². The lowest BCUT2D eigenvalue weighted by Crippen LogP contribution is -2.00. The molecular formula is C17H15ClN2O. The van der Waals surface area contributed by atoms with E-state index in [-0.39, 0.29) is 0 Å². The summed E-state index contributed by atoms with van der Waals surface area (Å²) < 4.78 is 1.84. The van der Waals surface area contributed by atoms with Crippen LogP contribution in [0.4, 0.5) is 0 Å². The number of hydrogen-bond donors (Lipinski definition) is 1. The third-order valence-electron chi connectivity index (χ3n) is 3.30. The highest BCUT2D eigenvalue weighted by Gasteiger charge is 2.14. The van der Waals surface area contributed by atoms with E-state index in [0.29, 0.717) is 10.7 Å². The Morgan fingerprint density at radius 2 is 1.71 bits per heavy atom. The van der Waals surface area contributed by atoms with Gasteiger partial charge in [0.15, 0.2) is 0 Å². The van der Waals surface area contributed by atoms with E-state index < -0.39 is 6.10 Å². The third-order valence-corrected chi connectivity index (χ3v) is 3.55. The van der Waals surface area contributed by atoms with Gasteiger partial charge >= 0.3 is 0 Å². The Kier molecular flexibility index (Phi) is 3.78. The number of para-hydroxylation sites is 1. The van der Waals surface area contributed by atoms with Crippen molar-refractivity contribution in [3.8, 4) is 16.9 Å². The molecule has 1 heterocycles. The average Bonchev–Trinajstić information content (AvgIpc) is 2.94. The van der Waals surface area contributed by atoms with Crippen molar-refractivity contribution in [3.63, 3.8) is 0 Å². The summed E-state index contributed by atoms with van der Waals surface area (Å²) in [4.78, 5) is 0. The molecule has 4 heteroatoms. The van der Waals surface area contributed by atoms with Crippen molar-refractivity contribution >= 4 is 11.6 Å². The van der Waals surface area contributed by atoms with Crippen molar-refractivity contribution in [2.24, 2.45) is 0 Å². The Morgan fingerprint density at radius 1 is 1.05 bits per heavy atom. The van der Waals surface area contributed by atoms with Crippen molar-refractivity contribution < 1.29 is 5.11 Å². The number of aromatic nitrogens is 2. The molecule has 0 amide bonds. The van der Waals surface area contributed by atoms with Gasteiger partial charge in [-0.3, -0.25) is 0 Å². The molecule has 21 heavy (non-hydrogen) atoms. The van der Waals surface area contributed by atoms with Crippen LogP contribution in [0.1, 0.15) is 18.7 Å².